The van der Waals surface area contributed by atoms with Crippen LogP contribution in [0.1, 0.15) is 41.0 Å². The molecule has 78 valence electrons. The van der Waals surface area contributed by atoms with Gasteiger partial charge in [-0.25, -0.2) is 0 Å². The fourth-order valence-corrected chi connectivity index (χ4v) is 2.10. The van der Waals surface area contributed by atoms with Gasteiger partial charge in [0.1, 0.15) is 0 Å². The Hall–Kier alpha value is -0.530. The molecule has 2 heteroatoms. The molecule has 2 nitrogen and oxygen atoms in total. The molecular formula is C11H22O2. The van der Waals surface area contributed by atoms with Crippen molar-refractivity contribution in [1.82, 2.24) is 0 Å². The summed E-state index contributed by atoms with van der Waals surface area (Å²) < 4.78 is 0. The molecule has 0 rings (SSSR count). The van der Waals surface area contributed by atoms with Gasteiger partial charge < -0.3 is 5.11 Å². The molecule has 0 fully saturated rings. The van der Waals surface area contributed by atoms with Crippen molar-refractivity contribution in [3.05, 3.63) is 0 Å². The third kappa shape index (κ3) is 3.37. The van der Waals surface area contributed by atoms with Gasteiger partial charge in [-0.05, 0) is 17.8 Å². The third-order valence-corrected chi connectivity index (χ3v) is 2.79. The molecule has 2 unspecified atom stereocenters. The molecule has 0 aromatic carbocycles. The van der Waals surface area contributed by atoms with E-state index < -0.39 is 5.97 Å². The van der Waals surface area contributed by atoms with Crippen LogP contribution in [0.4, 0.5) is 0 Å². The van der Waals surface area contributed by atoms with E-state index in [1.165, 1.54) is 0 Å². The van der Waals surface area contributed by atoms with E-state index in [0.29, 0.717) is 11.8 Å². The number of carbonyl (C=O) groups is 1. The van der Waals surface area contributed by atoms with Gasteiger partial charge in [0.2, 0.25) is 0 Å². The lowest BCUT2D eigenvalue weighted by atomic mass is 9.76. The van der Waals surface area contributed by atoms with Crippen LogP contribution in [0.2, 0.25) is 0 Å². The highest BCUT2D eigenvalue weighted by Crippen LogP contribution is 2.30. The normalized spacial score (nSPS) is 16.2. The van der Waals surface area contributed by atoms with Crippen LogP contribution in [0.5, 0.6) is 0 Å². The first-order chi connectivity index (χ1) is 5.91. The fraction of sp³-hybridized carbons (Fsp3) is 0.909. The fourth-order valence-electron chi connectivity index (χ4n) is 2.10. The Morgan fingerprint density at radius 2 is 1.62 bits per heavy atom. The molecule has 0 bridgehead atoms. The van der Waals surface area contributed by atoms with Crippen LogP contribution in [0.25, 0.3) is 0 Å². The molecule has 0 aromatic heterocycles. The standard InChI is InChI=1S/C11H22O2/c1-6-9(7(2)3)10(8(4)5)11(12)13/h7-10H,6H2,1-5H3,(H,12,13). The highest BCUT2D eigenvalue weighted by Gasteiger charge is 2.31. The van der Waals surface area contributed by atoms with Gasteiger partial charge in [-0.1, -0.05) is 41.0 Å². The van der Waals surface area contributed by atoms with E-state index in [0.717, 1.165) is 6.42 Å². The summed E-state index contributed by atoms with van der Waals surface area (Å²) in [5, 5.41) is 9.09. The maximum atomic E-state index is 11.0. The highest BCUT2D eigenvalue weighted by molar-refractivity contribution is 5.70. The molecule has 1 N–H and O–H groups in total. The summed E-state index contributed by atoms with van der Waals surface area (Å²) in [6, 6.07) is 0. The van der Waals surface area contributed by atoms with Crippen LogP contribution in [0.3, 0.4) is 0 Å². The van der Waals surface area contributed by atoms with E-state index in [9.17, 15) is 4.79 Å². The summed E-state index contributed by atoms with van der Waals surface area (Å²) in [4.78, 5) is 11.0. The number of hydrogen-bond acceptors (Lipinski definition) is 1. The van der Waals surface area contributed by atoms with Crippen molar-refractivity contribution in [1.29, 1.82) is 0 Å². The molecule has 0 saturated carbocycles. The van der Waals surface area contributed by atoms with Crippen molar-refractivity contribution in [2.24, 2.45) is 23.7 Å². The molecule has 0 saturated heterocycles. The number of rotatable bonds is 5. The SMILES string of the molecule is CCC(C(C)C)C(C(=O)O)C(C)C. The minimum Gasteiger partial charge on any atom is -0.481 e. The molecule has 0 amide bonds. The third-order valence-electron chi connectivity index (χ3n) is 2.79. The Kier molecular flexibility index (Phi) is 5.04. The van der Waals surface area contributed by atoms with Crippen molar-refractivity contribution in [2.75, 3.05) is 0 Å². The summed E-state index contributed by atoms with van der Waals surface area (Å²) in [5.41, 5.74) is 0. The van der Waals surface area contributed by atoms with Gasteiger partial charge in [0.05, 0.1) is 5.92 Å². The van der Waals surface area contributed by atoms with Crippen LogP contribution in [-0.4, -0.2) is 11.1 Å². The van der Waals surface area contributed by atoms with E-state index in [-0.39, 0.29) is 11.8 Å². The molecule has 13 heavy (non-hydrogen) atoms. The molecular weight excluding hydrogens is 164 g/mol. The topological polar surface area (TPSA) is 37.3 Å². The zero-order valence-electron chi connectivity index (χ0n) is 9.37. The zero-order valence-corrected chi connectivity index (χ0v) is 9.37. The second-order valence-electron chi connectivity index (χ2n) is 4.42. The summed E-state index contributed by atoms with van der Waals surface area (Å²) in [6.07, 6.45) is 0.951. The van der Waals surface area contributed by atoms with Crippen LogP contribution >= 0.6 is 0 Å². The summed E-state index contributed by atoms with van der Waals surface area (Å²) >= 11 is 0. The predicted octanol–water partition coefficient (Wildman–Crippen LogP) is 3.03. The van der Waals surface area contributed by atoms with Crippen LogP contribution in [0, 0.1) is 23.7 Å². The number of carboxylic acids is 1. The second-order valence-corrected chi connectivity index (χ2v) is 4.42. The molecule has 0 radical (unpaired) electrons. The number of hydrogen-bond donors (Lipinski definition) is 1. The first-order valence-electron chi connectivity index (χ1n) is 5.14. The molecule has 2 atom stereocenters. The van der Waals surface area contributed by atoms with E-state index in [4.69, 9.17) is 5.11 Å². The lowest BCUT2D eigenvalue weighted by Gasteiger charge is -2.28. The molecule has 0 aliphatic rings. The lowest BCUT2D eigenvalue weighted by molar-refractivity contribution is -0.146. The molecule has 0 aromatic rings. The lowest BCUT2D eigenvalue weighted by Crippen LogP contribution is -2.31. The van der Waals surface area contributed by atoms with E-state index in [1.807, 2.05) is 13.8 Å². The largest absolute Gasteiger partial charge is 0.481 e. The Balaban J connectivity index is 4.59. The van der Waals surface area contributed by atoms with Crippen molar-refractivity contribution in [3.63, 3.8) is 0 Å². The molecule has 0 aliphatic heterocycles. The summed E-state index contributed by atoms with van der Waals surface area (Å²) in [7, 11) is 0. The molecule has 0 heterocycles. The first kappa shape index (κ1) is 12.5. The predicted molar refractivity (Wildman–Crippen MR) is 54.6 cm³/mol. The smallest absolute Gasteiger partial charge is 0.307 e. The Morgan fingerprint density at radius 3 is 1.69 bits per heavy atom. The average Bonchev–Trinajstić information content (AvgIpc) is 1.97. The average molecular weight is 186 g/mol. The highest BCUT2D eigenvalue weighted by atomic mass is 16.4. The van der Waals surface area contributed by atoms with Crippen molar-refractivity contribution >= 4 is 5.97 Å². The molecule has 0 spiro atoms. The van der Waals surface area contributed by atoms with Gasteiger partial charge >= 0.3 is 5.97 Å². The summed E-state index contributed by atoms with van der Waals surface area (Å²) in [6.45, 7) is 10.3. The second kappa shape index (κ2) is 5.25. The van der Waals surface area contributed by atoms with Gasteiger partial charge in [0, 0.05) is 0 Å². The summed E-state index contributed by atoms with van der Waals surface area (Å²) in [5.74, 6) is 0.149. The van der Waals surface area contributed by atoms with Crippen molar-refractivity contribution < 1.29 is 9.90 Å². The van der Waals surface area contributed by atoms with Crippen molar-refractivity contribution in [2.45, 2.75) is 41.0 Å². The number of carboxylic acid groups (broad SMARTS) is 1. The minimum absolute atomic E-state index is 0.190. The zero-order chi connectivity index (χ0) is 10.6. The maximum Gasteiger partial charge on any atom is 0.307 e. The maximum absolute atomic E-state index is 11.0. The van der Waals surface area contributed by atoms with Crippen LogP contribution in [-0.2, 0) is 4.79 Å². The van der Waals surface area contributed by atoms with E-state index in [2.05, 4.69) is 20.8 Å². The Morgan fingerprint density at radius 1 is 1.15 bits per heavy atom. The van der Waals surface area contributed by atoms with Gasteiger partial charge in [0.15, 0.2) is 0 Å². The molecule has 0 aliphatic carbocycles. The van der Waals surface area contributed by atoms with Crippen molar-refractivity contribution in [3.8, 4) is 0 Å². The Bertz CT molecular complexity index is 161. The number of aliphatic carboxylic acids is 1. The van der Waals surface area contributed by atoms with Gasteiger partial charge in [-0.2, -0.15) is 0 Å². The first-order valence-corrected chi connectivity index (χ1v) is 5.14. The van der Waals surface area contributed by atoms with Gasteiger partial charge in [-0.3, -0.25) is 4.79 Å². The van der Waals surface area contributed by atoms with E-state index >= 15 is 0 Å². The van der Waals surface area contributed by atoms with Crippen LogP contribution < -0.4 is 0 Å². The van der Waals surface area contributed by atoms with Gasteiger partial charge in [0.25, 0.3) is 0 Å². The van der Waals surface area contributed by atoms with Crippen LogP contribution in [0.15, 0.2) is 0 Å². The minimum atomic E-state index is -0.643. The monoisotopic (exact) mass is 186 g/mol. The van der Waals surface area contributed by atoms with Gasteiger partial charge in [-0.15, -0.1) is 0 Å². The quantitative estimate of drug-likeness (QED) is 0.716. The Labute approximate surface area is 81.3 Å². The van der Waals surface area contributed by atoms with E-state index in [1.54, 1.807) is 0 Å².